The maximum atomic E-state index is 10.9. The molecule has 1 fully saturated rings. The van der Waals surface area contributed by atoms with E-state index in [0.717, 1.165) is 12.1 Å². The van der Waals surface area contributed by atoms with Gasteiger partial charge in [-0.3, -0.25) is 0 Å². The number of rotatable bonds is 5. The third kappa shape index (κ3) is 3.44. The van der Waals surface area contributed by atoms with Crippen molar-refractivity contribution in [3.05, 3.63) is 23.8 Å². The van der Waals surface area contributed by atoms with Crippen LogP contribution < -0.4 is 11.1 Å². The number of hydrogen-bond donors (Lipinski definition) is 3. The van der Waals surface area contributed by atoms with E-state index in [4.69, 9.17) is 10.8 Å². The van der Waals surface area contributed by atoms with Gasteiger partial charge in [-0.25, -0.2) is 4.79 Å². The average molecular weight is 276 g/mol. The van der Waals surface area contributed by atoms with Gasteiger partial charge in [0, 0.05) is 6.04 Å². The van der Waals surface area contributed by atoms with E-state index in [-0.39, 0.29) is 5.56 Å². The summed E-state index contributed by atoms with van der Waals surface area (Å²) in [5, 5.41) is 12.5. The van der Waals surface area contributed by atoms with Crippen LogP contribution in [-0.2, 0) is 0 Å². The fourth-order valence-electron chi connectivity index (χ4n) is 3.12. The molecular weight excluding hydrogens is 252 g/mol. The van der Waals surface area contributed by atoms with E-state index in [1.807, 2.05) is 0 Å². The van der Waals surface area contributed by atoms with Gasteiger partial charge in [0.1, 0.15) is 0 Å². The quantitative estimate of drug-likeness (QED) is 0.716. The van der Waals surface area contributed by atoms with Crippen LogP contribution in [-0.4, -0.2) is 17.1 Å². The van der Waals surface area contributed by atoms with Gasteiger partial charge in [-0.1, -0.05) is 26.2 Å². The lowest BCUT2D eigenvalue weighted by Crippen LogP contribution is -2.30. The molecule has 1 aliphatic rings. The smallest absolute Gasteiger partial charge is 0.335 e. The zero-order valence-corrected chi connectivity index (χ0v) is 12.1. The number of hydrogen-bond acceptors (Lipinski definition) is 3. The van der Waals surface area contributed by atoms with Crippen molar-refractivity contribution in [2.45, 2.75) is 51.5 Å². The van der Waals surface area contributed by atoms with Gasteiger partial charge in [0.25, 0.3) is 0 Å². The van der Waals surface area contributed by atoms with Crippen LogP contribution in [0, 0.1) is 5.92 Å². The third-order valence-electron chi connectivity index (χ3n) is 4.30. The van der Waals surface area contributed by atoms with E-state index in [9.17, 15) is 4.79 Å². The molecule has 0 heterocycles. The summed E-state index contributed by atoms with van der Waals surface area (Å²) in [5.41, 5.74) is 7.57. The van der Waals surface area contributed by atoms with Crippen molar-refractivity contribution in [2.75, 3.05) is 11.1 Å². The van der Waals surface area contributed by atoms with Gasteiger partial charge < -0.3 is 16.2 Å². The maximum Gasteiger partial charge on any atom is 0.335 e. The minimum atomic E-state index is -0.942. The summed E-state index contributed by atoms with van der Waals surface area (Å²) in [6, 6.07) is 5.34. The van der Waals surface area contributed by atoms with Crippen LogP contribution in [0.2, 0.25) is 0 Å². The second-order valence-electron chi connectivity index (χ2n) is 5.66. The van der Waals surface area contributed by atoms with Crippen LogP contribution in [0.15, 0.2) is 18.2 Å². The number of carboxylic acids is 1. The van der Waals surface area contributed by atoms with Crippen LogP contribution in [0.25, 0.3) is 0 Å². The predicted molar refractivity (Wildman–Crippen MR) is 82.1 cm³/mol. The molecule has 0 spiro atoms. The van der Waals surface area contributed by atoms with Gasteiger partial charge in [0.2, 0.25) is 0 Å². The minimum absolute atomic E-state index is 0.235. The first-order chi connectivity index (χ1) is 9.61. The molecular formula is C16H24N2O2. The van der Waals surface area contributed by atoms with E-state index >= 15 is 0 Å². The van der Waals surface area contributed by atoms with Crippen molar-refractivity contribution in [3.8, 4) is 0 Å². The minimum Gasteiger partial charge on any atom is -0.478 e. The Morgan fingerprint density at radius 1 is 1.40 bits per heavy atom. The standard InChI is InChI=1S/C16H24N2O2/c1-2-14(11-6-4-3-5-7-11)18-15-9-8-12(16(19)20)10-13(15)17/h8-11,14,18H,2-7,17H2,1H3,(H,19,20). The highest BCUT2D eigenvalue weighted by Gasteiger charge is 2.22. The maximum absolute atomic E-state index is 10.9. The molecule has 4 nitrogen and oxygen atoms in total. The average Bonchev–Trinajstić information content (AvgIpc) is 2.46. The first kappa shape index (κ1) is 14.7. The second kappa shape index (κ2) is 6.64. The Hall–Kier alpha value is -1.71. The molecule has 20 heavy (non-hydrogen) atoms. The monoisotopic (exact) mass is 276 g/mol. The summed E-state index contributed by atoms with van der Waals surface area (Å²) in [5.74, 6) is -0.241. The van der Waals surface area contributed by atoms with Crippen LogP contribution in [0.3, 0.4) is 0 Å². The molecule has 1 aliphatic carbocycles. The fourth-order valence-corrected chi connectivity index (χ4v) is 3.12. The molecule has 0 saturated heterocycles. The highest BCUT2D eigenvalue weighted by Crippen LogP contribution is 2.31. The predicted octanol–water partition coefficient (Wildman–Crippen LogP) is 3.74. The van der Waals surface area contributed by atoms with Crippen molar-refractivity contribution >= 4 is 17.3 Å². The van der Waals surface area contributed by atoms with Crippen LogP contribution in [0.5, 0.6) is 0 Å². The summed E-state index contributed by atoms with van der Waals surface area (Å²) in [6.07, 6.45) is 7.59. The summed E-state index contributed by atoms with van der Waals surface area (Å²) < 4.78 is 0. The molecule has 4 N–H and O–H groups in total. The molecule has 1 aromatic carbocycles. The van der Waals surface area contributed by atoms with E-state index in [1.165, 1.54) is 38.2 Å². The van der Waals surface area contributed by atoms with Gasteiger partial charge >= 0.3 is 5.97 Å². The first-order valence-electron chi connectivity index (χ1n) is 7.51. The number of nitrogens with one attached hydrogen (secondary N) is 1. The van der Waals surface area contributed by atoms with Crippen LogP contribution in [0.1, 0.15) is 55.8 Å². The Labute approximate surface area is 120 Å². The Morgan fingerprint density at radius 3 is 2.65 bits per heavy atom. The number of anilines is 2. The van der Waals surface area contributed by atoms with E-state index in [2.05, 4.69) is 12.2 Å². The third-order valence-corrected chi connectivity index (χ3v) is 4.30. The Morgan fingerprint density at radius 2 is 2.10 bits per heavy atom. The summed E-state index contributed by atoms with van der Waals surface area (Å²) >= 11 is 0. The molecule has 0 amide bonds. The fraction of sp³-hybridized carbons (Fsp3) is 0.562. The molecule has 4 heteroatoms. The number of benzene rings is 1. The highest BCUT2D eigenvalue weighted by atomic mass is 16.4. The summed E-state index contributed by atoms with van der Waals surface area (Å²) in [7, 11) is 0. The largest absolute Gasteiger partial charge is 0.478 e. The number of carboxylic acid groups (broad SMARTS) is 1. The number of carbonyl (C=O) groups is 1. The SMILES string of the molecule is CCC(Nc1ccc(C(=O)O)cc1N)C1CCCCC1. The summed E-state index contributed by atoms with van der Waals surface area (Å²) in [6.45, 7) is 2.19. The van der Waals surface area contributed by atoms with Gasteiger partial charge in [0.05, 0.1) is 16.9 Å². The summed E-state index contributed by atoms with van der Waals surface area (Å²) in [4.78, 5) is 10.9. The van der Waals surface area contributed by atoms with Crippen molar-refractivity contribution in [2.24, 2.45) is 5.92 Å². The Balaban J connectivity index is 2.08. The number of aromatic carboxylic acids is 1. The van der Waals surface area contributed by atoms with E-state index in [0.29, 0.717) is 17.6 Å². The van der Waals surface area contributed by atoms with E-state index < -0.39 is 5.97 Å². The molecule has 2 rings (SSSR count). The normalized spacial score (nSPS) is 17.6. The lowest BCUT2D eigenvalue weighted by Gasteiger charge is -2.31. The van der Waals surface area contributed by atoms with Gasteiger partial charge in [-0.05, 0) is 43.4 Å². The Bertz CT molecular complexity index is 468. The number of nitrogen functional groups attached to an aromatic ring is 1. The van der Waals surface area contributed by atoms with Gasteiger partial charge in [0.15, 0.2) is 0 Å². The van der Waals surface area contributed by atoms with Crippen molar-refractivity contribution in [1.82, 2.24) is 0 Å². The van der Waals surface area contributed by atoms with Crippen molar-refractivity contribution < 1.29 is 9.90 Å². The lowest BCUT2D eigenvalue weighted by molar-refractivity contribution is 0.0697. The zero-order chi connectivity index (χ0) is 14.5. The molecule has 1 unspecified atom stereocenters. The van der Waals surface area contributed by atoms with Crippen molar-refractivity contribution in [1.29, 1.82) is 0 Å². The Kier molecular flexibility index (Phi) is 4.88. The second-order valence-corrected chi connectivity index (χ2v) is 5.66. The molecule has 0 bridgehead atoms. The lowest BCUT2D eigenvalue weighted by atomic mass is 9.83. The molecule has 110 valence electrons. The molecule has 0 aliphatic heterocycles. The molecule has 0 aromatic heterocycles. The van der Waals surface area contributed by atoms with Crippen molar-refractivity contribution in [3.63, 3.8) is 0 Å². The molecule has 1 saturated carbocycles. The van der Waals surface area contributed by atoms with Crippen LogP contribution in [0.4, 0.5) is 11.4 Å². The molecule has 0 radical (unpaired) electrons. The van der Waals surface area contributed by atoms with Gasteiger partial charge in [-0.2, -0.15) is 0 Å². The number of nitrogens with two attached hydrogens (primary N) is 1. The van der Waals surface area contributed by atoms with Crippen LogP contribution >= 0.6 is 0 Å². The zero-order valence-electron chi connectivity index (χ0n) is 12.1. The first-order valence-corrected chi connectivity index (χ1v) is 7.51. The molecule has 1 atom stereocenters. The van der Waals surface area contributed by atoms with Gasteiger partial charge in [-0.15, -0.1) is 0 Å². The molecule has 1 aromatic rings. The topological polar surface area (TPSA) is 75.3 Å². The highest BCUT2D eigenvalue weighted by molar-refractivity contribution is 5.90. The van der Waals surface area contributed by atoms with E-state index in [1.54, 1.807) is 12.1 Å².